The molecule has 1 heterocycles. The van der Waals surface area contributed by atoms with Crippen molar-refractivity contribution in [2.24, 2.45) is 0 Å². The Hall–Kier alpha value is -3.63. The summed E-state index contributed by atoms with van der Waals surface area (Å²) in [5.74, 6) is 0.557. The van der Waals surface area contributed by atoms with Gasteiger partial charge in [-0.3, -0.25) is 4.79 Å². The maximum atomic E-state index is 12.3. The fourth-order valence-corrected chi connectivity index (χ4v) is 2.52. The van der Waals surface area contributed by atoms with Crippen molar-refractivity contribution < 1.29 is 9.53 Å². The van der Waals surface area contributed by atoms with Gasteiger partial charge < -0.3 is 15.4 Å². The molecule has 3 aromatic rings. The number of anilines is 3. The Morgan fingerprint density at radius 1 is 1.15 bits per heavy atom. The number of carbonyl (C=O) groups is 1. The van der Waals surface area contributed by atoms with Crippen LogP contribution >= 0.6 is 11.6 Å². The smallest absolute Gasteiger partial charge is 0.275 e. The molecule has 0 bridgehead atoms. The lowest BCUT2D eigenvalue weighted by atomic mass is 10.2. The summed E-state index contributed by atoms with van der Waals surface area (Å²) in [6, 6.07) is 13.9. The van der Waals surface area contributed by atoms with Gasteiger partial charge in [-0.2, -0.15) is 5.26 Å². The number of aromatic nitrogens is 2. The van der Waals surface area contributed by atoms with Crippen LogP contribution in [-0.2, 0) is 0 Å². The third-order valence-electron chi connectivity index (χ3n) is 3.56. The zero-order valence-electron chi connectivity index (χ0n) is 14.2. The molecule has 134 valence electrons. The van der Waals surface area contributed by atoms with Gasteiger partial charge >= 0.3 is 0 Å². The number of rotatable bonds is 5. The van der Waals surface area contributed by atoms with Crippen molar-refractivity contribution in [2.45, 2.75) is 0 Å². The second kappa shape index (κ2) is 8.17. The molecule has 2 aromatic carbocycles. The minimum atomic E-state index is -0.415. The Bertz CT molecular complexity index is 1020. The van der Waals surface area contributed by atoms with Gasteiger partial charge in [-0.1, -0.05) is 17.7 Å². The van der Waals surface area contributed by atoms with Crippen LogP contribution in [0.3, 0.4) is 0 Å². The van der Waals surface area contributed by atoms with Gasteiger partial charge in [-0.25, -0.2) is 9.97 Å². The van der Waals surface area contributed by atoms with Crippen LogP contribution in [0.5, 0.6) is 5.75 Å². The molecule has 0 saturated heterocycles. The van der Waals surface area contributed by atoms with Crippen molar-refractivity contribution in [3.8, 4) is 11.8 Å². The quantitative estimate of drug-likeness (QED) is 0.694. The molecule has 27 heavy (non-hydrogen) atoms. The summed E-state index contributed by atoms with van der Waals surface area (Å²) < 4.78 is 5.07. The predicted octanol–water partition coefficient (Wildman–Crippen LogP) is 4.01. The molecular formula is C19H14ClN5O2. The van der Waals surface area contributed by atoms with Crippen LogP contribution in [-0.4, -0.2) is 23.0 Å². The monoisotopic (exact) mass is 379 g/mol. The molecule has 0 aliphatic heterocycles. The van der Waals surface area contributed by atoms with Crippen molar-refractivity contribution in [1.29, 1.82) is 5.26 Å². The maximum absolute atomic E-state index is 12.3. The molecule has 1 amide bonds. The molecule has 0 aliphatic carbocycles. The van der Waals surface area contributed by atoms with Crippen molar-refractivity contribution >= 4 is 34.7 Å². The number of halogens is 1. The molecule has 0 radical (unpaired) electrons. The molecule has 0 spiro atoms. The Balaban J connectivity index is 1.68. The van der Waals surface area contributed by atoms with Gasteiger partial charge in [0.1, 0.15) is 17.3 Å². The highest BCUT2D eigenvalue weighted by atomic mass is 35.5. The van der Waals surface area contributed by atoms with E-state index in [9.17, 15) is 4.79 Å². The van der Waals surface area contributed by atoms with E-state index in [2.05, 4.69) is 26.7 Å². The summed E-state index contributed by atoms with van der Waals surface area (Å²) in [7, 11) is 1.52. The number of amides is 1. The van der Waals surface area contributed by atoms with E-state index < -0.39 is 5.91 Å². The first-order valence-electron chi connectivity index (χ1n) is 7.83. The first kappa shape index (κ1) is 18.2. The average molecular weight is 380 g/mol. The molecule has 1 aromatic heterocycles. The van der Waals surface area contributed by atoms with E-state index >= 15 is 0 Å². The van der Waals surface area contributed by atoms with Crippen LogP contribution in [0.1, 0.15) is 16.1 Å². The number of carbonyl (C=O) groups excluding carboxylic acids is 1. The number of hydrogen-bond acceptors (Lipinski definition) is 6. The zero-order valence-corrected chi connectivity index (χ0v) is 15.0. The Morgan fingerprint density at radius 2 is 2.00 bits per heavy atom. The van der Waals surface area contributed by atoms with Crippen LogP contribution in [0, 0.1) is 11.3 Å². The summed E-state index contributed by atoms with van der Waals surface area (Å²) in [5.41, 5.74) is 1.90. The normalized spacial score (nSPS) is 9.96. The van der Waals surface area contributed by atoms with Gasteiger partial charge in [0.2, 0.25) is 0 Å². The first-order valence-corrected chi connectivity index (χ1v) is 8.21. The number of hydrogen-bond donors (Lipinski definition) is 2. The maximum Gasteiger partial charge on any atom is 0.275 e. The van der Waals surface area contributed by atoms with Gasteiger partial charge in [-0.15, -0.1) is 0 Å². The number of nitrogens with zero attached hydrogens (tertiary/aromatic N) is 3. The van der Waals surface area contributed by atoms with Crippen LogP contribution in [0.25, 0.3) is 0 Å². The minimum absolute atomic E-state index is 0.151. The third-order valence-corrected chi connectivity index (χ3v) is 3.85. The van der Waals surface area contributed by atoms with Gasteiger partial charge in [0.05, 0.1) is 36.2 Å². The molecule has 0 saturated carbocycles. The highest BCUT2D eigenvalue weighted by Crippen LogP contribution is 2.27. The van der Waals surface area contributed by atoms with Crippen LogP contribution in [0.4, 0.5) is 17.2 Å². The van der Waals surface area contributed by atoms with Crippen LogP contribution in [0.15, 0.2) is 54.9 Å². The number of ether oxygens (including phenoxy) is 1. The SMILES string of the molecule is COc1ccc(NC(=O)c2cnc(Nc3cccc(C#N)c3)cn2)cc1Cl. The molecule has 8 heteroatoms. The van der Waals surface area contributed by atoms with Crippen molar-refractivity contribution in [3.05, 3.63) is 71.1 Å². The summed E-state index contributed by atoms with van der Waals surface area (Å²) in [6.45, 7) is 0. The third kappa shape index (κ3) is 4.51. The molecule has 0 aliphatic rings. The number of benzene rings is 2. The van der Waals surface area contributed by atoms with Crippen molar-refractivity contribution in [1.82, 2.24) is 9.97 Å². The van der Waals surface area contributed by atoms with E-state index in [0.717, 1.165) is 0 Å². The number of nitrogens with one attached hydrogen (secondary N) is 2. The van der Waals surface area contributed by atoms with E-state index in [-0.39, 0.29) is 5.69 Å². The largest absolute Gasteiger partial charge is 0.495 e. The average Bonchev–Trinajstić information content (AvgIpc) is 2.69. The summed E-state index contributed by atoms with van der Waals surface area (Å²) in [5, 5.41) is 15.0. The standard InChI is InChI=1S/C19H14ClN5O2/c1-27-17-6-5-14(8-15(17)20)25-19(26)16-10-23-18(11-22-16)24-13-4-2-3-12(7-13)9-21/h2-8,10-11H,1H3,(H,23,24)(H,25,26). The highest BCUT2D eigenvalue weighted by Gasteiger charge is 2.10. The van der Waals surface area contributed by atoms with E-state index in [0.29, 0.717) is 33.5 Å². The van der Waals surface area contributed by atoms with Crippen LogP contribution in [0.2, 0.25) is 5.02 Å². The van der Waals surface area contributed by atoms with E-state index in [1.54, 1.807) is 42.5 Å². The van der Waals surface area contributed by atoms with Gasteiger partial charge in [0, 0.05) is 11.4 Å². The lowest BCUT2D eigenvalue weighted by molar-refractivity contribution is 0.102. The predicted molar refractivity (Wildman–Crippen MR) is 102 cm³/mol. The lowest BCUT2D eigenvalue weighted by Crippen LogP contribution is -2.14. The molecule has 0 unspecified atom stereocenters. The van der Waals surface area contributed by atoms with E-state index in [1.807, 2.05) is 0 Å². The zero-order chi connectivity index (χ0) is 19.2. The lowest BCUT2D eigenvalue weighted by Gasteiger charge is -2.08. The molecule has 3 rings (SSSR count). The van der Waals surface area contributed by atoms with Crippen molar-refractivity contribution in [3.63, 3.8) is 0 Å². The summed E-state index contributed by atoms with van der Waals surface area (Å²) in [4.78, 5) is 20.6. The molecular weight excluding hydrogens is 366 g/mol. The fourth-order valence-electron chi connectivity index (χ4n) is 2.26. The topological polar surface area (TPSA) is 99.9 Å². The Morgan fingerprint density at radius 3 is 2.67 bits per heavy atom. The van der Waals surface area contributed by atoms with Gasteiger partial charge in [0.15, 0.2) is 0 Å². The van der Waals surface area contributed by atoms with E-state index in [4.69, 9.17) is 21.6 Å². The summed E-state index contributed by atoms with van der Waals surface area (Å²) >= 11 is 6.05. The minimum Gasteiger partial charge on any atom is -0.495 e. The second-order valence-corrected chi connectivity index (χ2v) is 5.82. The van der Waals surface area contributed by atoms with Crippen molar-refractivity contribution in [2.75, 3.05) is 17.7 Å². The fraction of sp³-hybridized carbons (Fsp3) is 0.0526. The van der Waals surface area contributed by atoms with Crippen LogP contribution < -0.4 is 15.4 Å². The number of nitriles is 1. The molecule has 0 fully saturated rings. The van der Waals surface area contributed by atoms with E-state index in [1.165, 1.54) is 19.5 Å². The Labute approximate surface area is 160 Å². The molecule has 0 atom stereocenters. The first-order chi connectivity index (χ1) is 13.1. The number of methoxy groups -OCH3 is 1. The van der Waals surface area contributed by atoms with Gasteiger partial charge in [0.25, 0.3) is 5.91 Å². The second-order valence-electron chi connectivity index (χ2n) is 5.41. The highest BCUT2D eigenvalue weighted by molar-refractivity contribution is 6.32. The summed E-state index contributed by atoms with van der Waals surface area (Å²) in [6.07, 6.45) is 2.80. The molecule has 2 N–H and O–H groups in total. The Kier molecular flexibility index (Phi) is 5.50. The molecule has 7 nitrogen and oxygen atoms in total. The van der Waals surface area contributed by atoms with Gasteiger partial charge in [-0.05, 0) is 36.4 Å².